The molecule has 1 amide bonds. The van der Waals surface area contributed by atoms with Gasteiger partial charge in [0.25, 0.3) is 0 Å². The van der Waals surface area contributed by atoms with E-state index < -0.39 is 0 Å². The van der Waals surface area contributed by atoms with Gasteiger partial charge >= 0.3 is 0 Å². The van der Waals surface area contributed by atoms with Gasteiger partial charge in [-0.15, -0.1) is 0 Å². The molecule has 24 heavy (non-hydrogen) atoms. The molecule has 7 heteroatoms. The molecule has 0 spiro atoms. The molecule has 1 aromatic rings. The molecule has 6 nitrogen and oxygen atoms in total. The van der Waals surface area contributed by atoms with Crippen LogP contribution in [0.3, 0.4) is 0 Å². The Bertz CT molecular complexity index is 626. The minimum atomic E-state index is -0.242. The second-order valence-electron chi connectivity index (χ2n) is 5.53. The van der Waals surface area contributed by atoms with Gasteiger partial charge in [0.2, 0.25) is 5.91 Å². The molecule has 0 radical (unpaired) electrons. The van der Waals surface area contributed by atoms with E-state index in [9.17, 15) is 4.79 Å². The quantitative estimate of drug-likeness (QED) is 0.654. The highest BCUT2D eigenvalue weighted by Gasteiger charge is 2.17. The first-order chi connectivity index (χ1) is 11.5. The van der Waals surface area contributed by atoms with Crippen LogP contribution in [-0.4, -0.2) is 68.3 Å². The van der Waals surface area contributed by atoms with Gasteiger partial charge in [0, 0.05) is 32.3 Å². The Morgan fingerprint density at radius 2 is 1.83 bits per heavy atom. The molecule has 0 saturated carbocycles. The molecular formula is C17H23N3O3S. The number of rotatable bonds is 4. The molecule has 1 aliphatic rings. The summed E-state index contributed by atoms with van der Waals surface area (Å²) in [6.07, 6.45) is 3.17. The molecule has 0 aromatic heterocycles. The maximum Gasteiger partial charge on any atom is 0.250 e. The highest BCUT2D eigenvalue weighted by Crippen LogP contribution is 2.27. The van der Waals surface area contributed by atoms with E-state index in [-0.39, 0.29) is 5.91 Å². The molecule has 0 unspecified atom stereocenters. The summed E-state index contributed by atoms with van der Waals surface area (Å²) in [6, 6.07) is 5.45. The number of thiocarbonyl (C=S) groups is 1. The van der Waals surface area contributed by atoms with Crippen LogP contribution in [0.2, 0.25) is 0 Å². The van der Waals surface area contributed by atoms with E-state index in [1.807, 2.05) is 11.0 Å². The minimum absolute atomic E-state index is 0.242. The van der Waals surface area contributed by atoms with Crippen molar-refractivity contribution in [3.63, 3.8) is 0 Å². The van der Waals surface area contributed by atoms with Crippen LogP contribution < -0.4 is 14.8 Å². The van der Waals surface area contributed by atoms with Crippen LogP contribution in [0.4, 0.5) is 0 Å². The number of piperazine rings is 1. The first-order valence-corrected chi connectivity index (χ1v) is 8.13. The summed E-state index contributed by atoms with van der Waals surface area (Å²) in [5.41, 5.74) is 0.841. The van der Waals surface area contributed by atoms with E-state index in [0.29, 0.717) is 16.6 Å². The molecule has 1 fully saturated rings. The lowest BCUT2D eigenvalue weighted by atomic mass is 10.2. The third-order valence-electron chi connectivity index (χ3n) is 3.86. The van der Waals surface area contributed by atoms with Gasteiger partial charge in [0.1, 0.15) is 0 Å². The van der Waals surface area contributed by atoms with E-state index in [1.54, 1.807) is 32.4 Å². The highest BCUT2D eigenvalue weighted by atomic mass is 32.1. The molecule has 130 valence electrons. The van der Waals surface area contributed by atoms with Gasteiger partial charge in [-0.3, -0.25) is 10.1 Å². The monoisotopic (exact) mass is 349 g/mol. The van der Waals surface area contributed by atoms with Gasteiger partial charge < -0.3 is 19.3 Å². The van der Waals surface area contributed by atoms with Crippen molar-refractivity contribution in [3.05, 3.63) is 29.8 Å². The summed E-state index contributed by atoms with van der Waals surface area (Å²) in [5, 5.41) is 3.22. The van der Waals surface area contributed by atoms with Crippen molar-refractivity contribution in [2.24, 2.45) is 0 Å². The smallest absolute Gasteiger partial charge is 0.250 e. The predicted octanol–water partition coefficient (Wildman–Crippen LogP) is 1.37. The lowest BCUT2D eigenvalue weighted by Gasteiger charge is -2.33. The number of nitrogens with zero attached hydrogens (tertiary/aromatic N) is 2. The van der Waals surface area contributed by atoms with Crippen molar-refractivity contribution in [1.82, 2.24) is 15.1 Å². The van der Waals surface area contributed by atoms with E-state index in [4.69, 9.17) is 21.7 Å². The molecule has 1 aliphatic heterocycles. The summed E-state index contributed by atoms with van der Waals surface area (Å²) in [4.78, 5) is 16.3. The van der Waals surface area contributed by atoms with E-state index in [1.165, 1.54) is 6.08 Å². The van der Waals surface area contributed by atoms with Crippen LogP contribution in [0.1, 0.15) is 5.56 Å². The second kappa shape index (κ2) is 8.65. The van der Waals surface area contributed by atoms with Crippen molar-refractivity contribution in [3.8, 4) is 11.5 Å². The van der Waals surface area contributed by atoms with E-state index >= 15 is 0 Å². The lowest BCUT2D eigenvalue weighted by molar-refractivity contribution is -0.115. The van der Waals surface area contributed by atoms with Crippen molar-refractivity contribution in [2.45, 2.75) is 0 Å². The number of nitrogens with one attached hydrogen (secondary N) is 1. The number of likely N-dealkylation sites (N-methyl/N-ethyl adjacent to an activating group) is 1. The Labute approximate surface area is 148 Å². The zero-order valence-corrected chi connectivity index (χ0v) is 15.1. The summed E-state index contributed by atoms with van der Waals surface area (Å²) >= 11 is 5.30. The number of hydrogen-bond donors (Lipinski definition) is 1. The Hall–Kier alpha value is -2.12. The number of carbonyl (C=O) groups excluding carboxylic acids is 1. The first-order valence-electron chi connectivity index (χ1n) is 7.72. The fraction of sp³-hybridized carbons (Fsp3) is 0.412. The molecule has 1 saturated heterocycles. The number of benzene rings is 1. The summed E-state index contributed by atoms with van der Waals surface area (Å²) in [5.74, 6) is 1.03. The van der Waals surface area contributed by atoms with E-state index in [2.05, 4.69) is 17.3 Å². The standard InChI is InChI=1S/C17H23N3O3S/c1-19-8-10-20(11-9-19)17(24)18-16(21)7-5-13-4-6-14(22-2)15(12-13)23-3/h4-7,12H,8-11H2,1-3H3,(H,18,21,24). The lowest BCUT2D eigenvalue weighted by Crippen LogP contribution is -2.51. The molecule has 0 atom stereocenters. The Morgan fingerprint density at radius 1 is 1.17 bits per heavy atom. The predicted molar refractivity (Wildman–Crippen MR) is 98.4 cm³/mol. The average Bonchev–Trinajstić information content (AvgIpc) is 2.60. The maximum absolute atomic E-state index is 12.0. The zero-order chi connectivity index (χ0) is 17.5. The topological polar surface area (TPSA) is 54.0 Å². The molecule has 1 N–H and O–H groups in total. The molecule has 1 heterocycles. The maximum atomic E-state index is 12.0. The van der Waals surface area contributed by atoms with Gasteiger partial charge in [-0.05, 0) is 43.0 Å². The Morgan fingerprint density at radius 3 is 2.46 bits per heavy atom. The van der Waals surface area contributed by atoms with Crippen LogP contribution in [0.5, 0.6) is 11.5 Å². The van der Waals surface area contributed by atoms with Crippen molar-refractivity contribution in [1.29, 1.82) is 0 Å². The third-order valence-corrected chi connectivity index (χ3v) is 4.22. The first kappa shape index (κ1) is 18.2. The largest absolute Gasteiger partial charge is 0.493 e. The molecule has 1 aromatic carbocycles. The van der Waals surface area contributed by atoms with Gasteiger partial charge in [-0.2, -0.15) is 0 Å². The van der Waals surface area contributed by atoms with Gasteiger partial charge in [-0.25, -0.2) is 0 Å². The normalized spacial score (nSPS) is 15.4. The summed E-state index contributed by atoms with van der Waals surface area (Å²) in [7, 11) is 5.23. The van der Waals surface area contributed by atoms with Crippen LogP contribution in [0.15, 0.2) is 24.3 Å². The third kappa shape index (κ3) is 4.94. The van der Waals surface area contributed by atoms with Gasteiger partial charge in [0.15, 0.2) is 16.6 Å². The van der Waals surface area contributed by atoms with Crippen LogP contribution in [-0.2, 0) is 4.79 Å². The molecule has 2 rings (SSSR count). The summed E-state index contributed by atoms with van der Waals surface area (Å²) in [6.45, 7) is 3.54. The van der Waals surface area contributed by atoms with Crippen molar-refractivity contribution < 1.29 is 14.3 Å². The van der Waals surface area contributed by atoms with Crippen LogP contribution in [0.25, 0.3) is 6.08 Å². The number of hydrogen-bond acceptors (Lipinski definition) is 5. The number of carbonyl (C=O) groups is 1. The fourth-order valence-electron chi connectivity index (χ4n) is 2.36. The van der Waals surface area contributed by atoms with Crippen LogP contribution in [0, 0.1) is 0 Å². The average molecular weight is 349 g/mol. The Kier molecular flexibility index (Phi) is 6.57. The van der Waals surface area contributed by atoms with E-state index in [0.717, 1.165) is 31.7 Å². The molecule has 0 bridgehead atoms. The van der Waals surface area contributed by atoms with Crippen molar-refractivity contribution in [2.75, 3.05) is 47.4 Å². The fourth-order valence-corrected chi connectivity index (χ4v) is 2.65. The zero-order valence-electron chi connectivity index (χ0n) is 14.2. The second-order valence-corrected chi connectivity index (χ2v) is 5.92. The number of amides is 1. The number of methoxy groups -OCH3 is 2. The van der Waals surface area contributed by atoms with Crippen LogP contribution >= 0.6 is 12.2 Å². The molecule has 0 aliphatic carbocycles. The van der Waals surface area contributed by atoms with Gasteiger partial charge in [-0.1, -0.05) is 6.07 Å². The van der Waals surface area contributed by atoms with Crippen molar-refractivity contribution >= 4 is 29.3 Å². The molecular weight excluding hydrogens is 326 g/mol. The minimum Gasteiger partial charge on any atom is -0.493 e. The Balaban J connectivity index is 1.92. The SMILES string of the molecule is COc1ccc(C=CC(=O)NC(=S)N2CCN(C)CC2)cc1OC. The highest BCUT2D eigenvalue weighted by molar-refractivity contribution is 7.80. The van der Waals surface area contributed by atoms with Gasteiger partial charge in [0.05, 0.1) is 14.2 Å². The summed E-state index contributed by atoms with van der Waals surface area (Å²) < 4.78 is 10.4. The number of ether oxygens (including phenoxy) is 2.